The second-order valence-corrected chi connectivity index (χ2v) is 5.44. The van der Waals surface area contributed by atoms with Crippen molar-refractivity contribution in [3.8, 4) is 0 Å². The molecule has 0 saturated carbocycles. The van der Waals surface area contributed by atoms with Gasteiger partial charge in [0.15, 0.2) is 0 Å². The third-order valence-corrected chi connectivity index (χ3v) is 3.60. The molecule has 1 atom stereocenters. The summed E-state index contributed by atoms with van der Waals surface area (Å²) in [7, 11) is 0. The Labute approximate surface area is 133 Å². The fraction of sp³-hybridized carbons (Fsp3) is 0.176. The maximum atomic E-state index is 12.1. The number of benzene rings is 2. The Morgan fingerprint density at radius 1 is 1.18 bits per heavy atom. The average Bonchev–Trinajstić information content (AvgIpc) is 2.48. The molecule has 1 amide bonds. The molecule has 0 aliphatic rings. The minimum Gasteiger partial charge on any atom is -0.481 e. The number of aliphatic carboxylic acids is 1. The molecular formula is C17H16ClNO3. The van der Waals surface area contributed by atoms with Gasteiger partial charge >= 0.3 is 5.97 Å². The molecule has 0 saturated heterocycles. The van der Waals surface area contributed by atoms with E-state index in [1.807, 2.05) is 13.0 Å². The molecule has 0 heterocycles. The molecule has 0 aliphatic carbocycles. The van der Waals surface area contributed by atoms with E-state index >= 15 is 0 Å². The van der Waals surface area contributed by atoms with Crippen molar-refractivity contribution in [2.24, 2.45) is 0 Å². The number of amides is 1. The van der Waals surface area contributed by atoms with E-state index in [9.17, 15) is 14.7 Å². The zero-order valence-corrected chi connectivity index (χ0v) is 12.8. The molecule has 0 aliphatic heterocycles. The highest BCUT2D eigenvalue weighted by Gasteiger charge is 2.23. The van der Waals surface area contributed by atoms with Gasteiger partial charge in [-0.2, -0.15) is 0 Å². The number of hydrogen-bond donors (Lipinski definition) is 2. The van der Waals surface area contributed by atoms with Crippen molar-refractivity contribution in [1.29, 1.82) is 0 Å². The zero-order valence-electron chi connectivity index (χ0n) is 12.0. The van der Waals surface area contributed by atoms with Crippen molar-refractivity contribution in [2.45, 2.75) is 19.3 Å². The quantitative estimate of drug-likeness (QED) is 0.880. The number of aryl methyl sites for hydroxylation is 1. The van der Waals surface area contributed by atoms with E-state index in [2.05, 4.69) is 5.32 Å². The summed E-state index contributed by atoms with van der Waals surface area (Å²) in [6.45, 7) is 1.90. The van der Waals surface area contributed by atoms with Gasteiger partial charge in [-0.15, -0.1) is 0 Å². The first-order valence-corrected chi connectivity index (χ1v) is 7.19. The fourth-order valence-electron chi connectivity index (χ4n) is 2.14. The molecule has 114 valence electrons. The first-order chi connectivity index (χ1) is 10.5. The molecule has 0 bridgehead atoms. The number of rotatable bonds is 5. The van der Waals surface area contributed by atoms with Crippen LogP contribution in [-0.4, -0.2) is 17.0 Å². The standard InChI is InChI=1S/C17H16ClNO3/c1-11-7-8-15(14(18)9-11)19-16(20)10-13(17(21)22)12-5-3-2-4-6-12/h2-9,13H,10H2,1H3,(H,19,20)(H,21,22)/t13-/m1/s1. The van der Waals surface area contributed by atoms with Gasteiger partial charge in [-0.25, -0.2) is 0 Å². The first kappa shape index (κ1) is 16.0. The van der Waals surface area contributed by atoms with Crippen LogP contribution in [0.3, 0.4) is 0 Å². The molecule has 0 unspecified atom stereocenters. The second kappa shape index (κ2) is 7.09. The molecule has 0 aromatic heterocycles. The lowest BCUT2D eigenvalue weighted by Gasteiger charge is -2.13. The molecule has 0 spiro atoms. The Morgan fingerprint density at radius 2 is 1.86 bits per heavy atom. The highest BCUT2D eigenvalue weighted by Crippen LogP contribution is 2.25. The number of carbonyl (C=O) groups is 2. The maximum absolute atomic E-state index is 12.1. The van der Waals surface area contributed by atoms with Crippen LogP contribution in [-0.2, 0) is 9.59 Å². The Morgan fingerprint density at radius 3 is 2.45 bits per heavy atom. The van der Waals surface area contributed by atoms with E-state index in [1.165, 1.54) is 0 Å². The normalized spacial score (nSPS) is 11.7. The van der Waals surface area contributed by atoms with Gasteiger partial charge in [-0.05, 0) is 30.2 Å². The van der Waals surface area contributed by atoms with Crippen LogP contribution >= 0.6 is 11.6 Å². The lowest BCUT2D eigenvalue weighted by molar-refractivity contribution is -0.140. The van der Waals surface area contributed by atoms with Crippen molar-refractivity contribution < 1.29 is 14.7 Å². The van der Waals surface area contributed by atoms with Crippen LogP contribution in [0.25, 0.3) is 0 Å². The molecule has 2 aromatic rings. The van der Waals surface area contributed by atoms with Crippen LogP contribution in [0, 0.1) is 6.92 Å². The minimum atomic E-state index is -1.03. The van der Waals surface area contributed by atoms with Crippen LogP contribution in [0.2, 0.25) is 5.02 Å². The van der Waals surface area contributed by atoms with Crippen molar-refractivity contribution in [1.82, 2.24) is 0 Å². The van der Waals surface area contributed by atoms with Gasteiger partial charge in [0.25, 0.3) is 0 Å². The minimum absolute atomic E-state index is 0.149. The van der Waals surface area contributed by atoms with E-state index in [0.717, 1.165) is 5.56 Å². The summed E-state index contributed by atoms with van der Waals surface area (Å²) in [6.07, 6.45) is -0.149. The van der Waals surface area contributed by atoms with E-state index in [-0.39, 0.29) is 12.3 Å². The van der Waals surface area contributed by atoms with Gasteiger partial charge in [0.2, 0.25) is 5.91 Å². The van der Waals surface area contributed by atoms with Crippen molar-refractivity contribution >= 4 is 29.2 Å². The molecule has 4 nitrogen and oxygen atoms in total. The third kappa shape index (κ3) is 4.09. The molecule has 0 radical (unpaired) electrons. The summed E-state index contributed by atoms with van der Waals surface area (Å²) in [6, 6.07) is 14.0. The Bertz CT molecular complexity index is 686. The Kier molecular flexibility index (Phi) is 5.17. The highest BCUT2D eigenvalue weighted by molar-refractivity contribution is 6.33. The number of carbonyl (C=O) groups excluding carboxylic acids is 1. The smallest absolute Gasteiger partial charge is 0.311 e. The number of halogens is 1. The predicted octanol–water partition coefficient (Wildman–Crippen LogP) is 3.85. The maximum Gasteiger partial charge on any atom is 0.311 e. The Balaban J connectivity index is 2.10. The molecule has 5 heteroatoms. The predicted molar refractivity (Wildman–Crippen MR) is 86.3 cm³/mol. The topological polar surface area (TPSA) is 66.4 Å². The van der Waals surface area contributed by atoms with E-state index < -0.39 is 11.9 Å². The van der Waals surface area contributed by atoms with Gasteiger partial charge in [-0.3, -0.25) is 9.59 Å². The lowest BCUT2D eigenvalue weighted by Crippen LogP contribution is -2.21. The number of anilines is 1. The summed E-state index contributed by atoms with van der Waals surface area (Å²) in [5.41, 5.74) is 2.06. The van der Waals surface area contributed by atoms with E-state index in [1.54, 1.807) is 42.5 Å². The van der Waals surface area contributed by atoms with E-state index in [0.29, 0.717) is 16.3 Å². The SMILES string of the molecule is Cc1ccc(NC(=O)C[C@@H](C(=O)O)c2ccccc2)c(Cl)c1. The van der Waals surface area contributed by atoms with Gasteiger partial charge in [0.1, 0.15) is 0 Å². The summed E-state index contributed by atoms with van der Waals surface area (Å²) in [4.78, 5) is 23.5. The van der Waals surface area contributed by atoms with Gasteiger partial charge in [0.05, 0.1) is 16.6 Å². The van der Waals surface area contributed by atoms with Crippen LogP contribution in [0.4, 0.5) is 5.69 Å². The van der Waals surface area contributed by atoms with Crippen LogP contribution in [0.5, 0.6) is 0 Å². The second-order valence-electron chi connectivity index (χ2n) is 5.04. The van der Waals surface area contributed by atoms with Gasteiger partial charge in [-0.1, -0.05) is 48.0 Å². The van der Waals surface area contributed by atoms with E-state index in [4.69, 9.17) is 11.6 Å². The number of carboxylic acid groups (broad SMARTS) is 1. The average molecular weight is 318 g/mol. The monoisotopic (exact) mass is 317 g/mol. The number of carboxylic acids is 1. The molecule has 22 heavy (non-hydrogen) atoms. The van der Waals surface area contributed by atoms with Crippen LogP contribution in [0.15, 0.2) is 48.5 Å². The molecule has 2 rings (SSSR count). The summed E-state index contributed by atoms with van der Waals surface area (Å²) in [5, 5.41) is 12.4. The van der Waals surface area contributed by atoms with Gasteiger partial charge < -0.3 is 10.4 Å². The van der Waals surface area contributed by atoms with Crippen molar-refractivity contribution in [2.75, 3.05) is 5.32 Å². The Hall–Kier alpha value is -2.33. The summed E-state index contributed by atoms with van der Waals surface area (Å²) in [5.74, 6) is -2.30. The summed E-state index contributed by atoms with van der Waals surface area (Å²) >= 11 is 6.06. The van der Waals surface area contributed by atoms with Crippen LogP contribution in [0.1, 0.15) is 23.5 Å². The fourth-order valence-corrected chi connectivity index (χ4v) is 2.42. The van der Waals surface area contributed by atoms with Crippen molar-refractivity contribution in [3.05, 3.63) is 64.7 Å². The zero-order chi connectivity index (χ0) is 16.1. The first-order valence-electron chi connectivity index (χ1n) is 6.81. The largest absolute Gasteiger partial charge is 0.481 e. The number of nitrogens with one attached hydrogen (secondary N) is 1. The van der Waals surface area contributed by atoms with Gasteiger partial charge in [0, 0.05) is 6.42 Å². The van der Waals surface area contributed by atoms with Crippen LogP contribution < -0.4 is 5.32 Å². The highest BCUT2D eigenvalue weighted by atomic mass is 35.5. The third-order valence-electron chi connectivity index (χ3n) is 3.29. The summed E-state index contributed by atoms with van der Waals surface area (Å²) < 4.78 is 0. The molecule has 2 N–H and O–H groups in total. The number of hydrogen-bond acceptors (Lipinski definition) is 2. The lowest BCUT2D eigenvalue weighted by atomic mass is 9.95. The molecule has 0 fully saturated rings. The molecular weight excluding hydrogens is 302 g/mol. The molecule has 2 aromatic carbocycles. The van der Waals surface area contributed by atoms with Crippen molar-refractivity contribution in [3.63, 3.8) is 0 Å².